The summed E-state index contributed by atoms with van der Waals surface area (Å²) >= 11 is 0. The SMILES string of the molecule is Cn1cc[n+](C)c1N=Nc1ccc(N2CCCNCC2)cc1. The third kappa shape index (κ3) is 3.33. The molecule has 1 N–H and O–H groups in total. The second kappa shape index (κ2) is 6.70. The van der Waals surface area contributed by atoms with Gasteiger partial charge in [-0.15, -0.1) is 0 Å². The summed E-state index contributed by atoms with van der Waals surface area (Å²) in [5.41, 5.74) is 2.13. The maximum atomic E-state index is 4.33. The molecule has 0 amide bonds. The fraction of sp³-hybridized carbons (Fsp3) is 0.438. The number of benzene rings is 1. The topological polar surface area (TPSA) is 48.8 Å². The van der Waals surface area contributed by atoms with Crippen molar-refractivity contribution in [1.82, 2.24) is 9.88 Å². The zero-order valence-electron chi connectivity index (χ0n) is 13.2. The Bertz CT molecular complexity index is 616. The molecule has 0 spiro atoms. The largest absolute Gasteiger partial charge is 0.421 e. The van der Waals surface area contributed by atoms with Gasteiger partial charge in [-0.2, -0.15) is 0 Å². The molecule has 1 saturated heterocycles. The third-order valence-electron chi connectivity index (χ3n) is 3.95. The first-order chi connectivity index (χ1) is 10.7. The molecule has 0 bridgehead atoms. The second-order valence-corrected chi connectivity index (χ2v) is 5.63. The van der Waals surface area contributed by atoms with Crippen LogP contribution in [0.2, 0.25) is 0 Å². The Kier molecular flexibility index (Phi) is 4.48. The molecular formula is C16H23N6+. The number of rotatable bonds is 3. The molecule has 22 heavy (non-hydrogen) atoms. The van der Waals surface area contributed by atoms with Crippen LogP contribution in [-0.2, 0) is 14.1 Å². The van der Waals surface area contributed by atoms with E-state index in [0.717, 1.165) is 37.8 Å². The number of azo groups is 1. The van der Waals surface area contributed by atoms with Gasteiger partial charge >= 0.3 is 5.95 Å². The van der Waals surface area contributed by atoms with Crippen molar-refractivity contribution < 1.29 is 4.57 Å². The highest BCUT2D eigenvalue weighted by Crippen LogP contribution is 2.21. The van der Waals surface area contributed by atoms with Crippen molar-refractivity contribution in [2.45, 2.75) is 6.42 Å². The Labute approximate surface area is 131 Å². The minimum absolute atomic E-state index is 0.822. The maximum absolute atomic E-state index is 4.33. The summed E-state index contributed by atoms with van der Waals surface area (Å²) in [6.45, 7) is 4.31. The highest BCUT2D eigenvalue weighted by atomic mass is 15.3. The van der Waals surface area contributed by atoms with Crippen molar-refractivity contribution in [3.63, 3.8) is 0 Å². The lowest BCUT2D eigenvalue weighted by molar-refractivity contribution is -0.657. The van der Waals surface area contributed by atoms with Crippen LogP contribution in [0.25, 0.3) is 0 Å². The van der Waals surface area contributed by atoms with Crippen LogP contribution in [0.15, 0.2) is 46.9 Å². The minimum atomic E-state index is 0.822. The summed E-state index contributed by atoms with van der Waals surface area (Å²) in [4.78, 5) is 2.41. The number of anilines is 1. The molecule has 6 nitrogen and oxygen atoms in total. The van der Waals surface area contributed by atoms with Crippen LogP contribution in [0.1, 0.15) is 6.42 Å². The van der Waals surface area contributed by atoms with E-state index in [2.05, 4.69) is 32.6 Å². The molecule has 6 heteroatoms. The molecule has 0 saturated carbocycles. The lowest BCUT2D eigenvalue weighted by Gasteiger charge is -2.22. The number of aromatic nitrogens is 2. The lowest BCUT2D eigenvalue weighted by Crippen LogP contribution is -2.27. The van der Waals surface area contributed by atoms with Crippen molar-refractivity contribution in [2.24, 2.45) is 24.3 Å². The first-order valence-electron chi connectivity index (χ1n) is 7.72. The zero-order valence-corrected chi connectivity index (χ0v) is 13.2. The van der Waals surface area contributed by atoms with Crippen molar-refractivity contribution in [3.05, 3.63) is 36.7 Å². The minimum Gasteiger partial charge on any atom is -0.370 e. The first-order valence-corrected chi connectivity index (χ1v) is 7.72. The van der Waals surface area contributed by atoms with Crippen LogP contribution in [0.3, 0.4) is 0 Å². The van der Waals surface area contributed by atoms with Crippen LogP contribution in [-0.4, -0.2) is 30.7 Å². The average molecular weight is 299 g/mol. The van der Waals surface area contributed by atoms with Crippen LogP contribution in [0, 0.1) is 0 Å². The molecule has 2 aromatic rings. The Balaban J connectivity index is 1.71. The van der Waals surface area contributed by atoms with Crippen molar-refractivity contribution in [2.75, 3.05) is 31.1 Å². The van der Waals surface area contributed by atoms with Gasteiger partial charge in [-0.05, 0) is 37.2 Å². The average Bonchev–Trinajstić information content (AvgIpc) is 2.74. The Hall–Kier alpha value is -2.21. The van der Waals surface area contributed by atoms with E-state index in [0.29, 0.717) is 0 Å². The molecule has 1 aliphatic rings. The summed E-state index contributed by atoms with van der Waals surface area (Å²) in [6, 6.07) is 8.32. The summed E-state index contributed by atoms with van der Waals surface area (Å²) in [5.74, 6) is 0.822. The zero-order chi connectivity index (χ0) is 15.4. The standard InChI is InChI=1S/C16H23N6/c1-20-12-13-21(2)16(20)19-18-14-4-6-15(7-5-14)22-10-3-8-17-9-11-22/h4-7,12-13,17H,3,8-11H2,1-2H3/q+1. The number of hydrogen-bond acceptors (Lipinski definition) is 4. The van der Waals surface area contributed by atoms with E-state index in [9.17, 15) is 0 Å². The number of nitrogens with zero attached hydrogens (tertiary/aromatic N) is 5. The maximum Gasteiger partial charge on any atom is 0.421 e. The molecule has 0 aliphatic carbocycles. The monoisotopic (exact) mass is 299 g/mol. The van der Waals surface area contributed by atoms with Gasteiger partial charge < -0.3 is 10.2 Å². The van der Waals surface area contributed by atoms with Gasteiger partial charge in [-0.25, -0.2) is 9.13 Å². The van der Waals surface area contributed by atoms with Gasteiger partial charge in [0.15, 0.2) is 0 Å². The number of imidazole rings is 1. The van der Waals surface area contributed by atoms with Crippen molar-refractivity contribution in [3.8, 4) is 0 Å². The molecule has 2 heterocycles. The number of nitrogens with one attached hydrogen (secondary N) is 1. The van der Waals surface area contributed by atoms with Crippen molar-refractivity contribution in [1.29, 1.82) is 0 Å². The Morgan fingerprint density at radius 3 is 2.64 bits per heavy atom. The highest BCUT2D eigenvalue weighted by molar-refractivity contribution is 5.52. The summed E-state index contributed by atoms with van der Waals surface area (Å²) in [7, 11) is 3.93. The van der Waals surface area contributed by atoms with Crippen LogP contribution < -0.4 is 14.8 Å². The second-order valence-electron chi connectivity index (χ2n) is 5.63. The van der Waals surface area contributed by atoms with Gasteiger partial charge in [0.2, 0.25) is 0 Å². The molecule has 1 aliphatic heterocycles. The van der Waals surface area contributed by atoms with Gasteiger partial charge in [0.25, 0.3) is 0 Å². The van der Waals surface area contributed by atoms with Gasteiger partial charge in [-0.1, -0.05) is 5.11 Å². The van der Waals surface area contributed by atoms with Gasteiger partial charge in [0.05, 0.1) is 26.5 Å². The predicted molar refractivity (Wildman–Crippen MR) is 86.9 cm³/mol. The first kappa shape index (κ1) is 14.7. The molecule has 0 radical (unpaired) electrons. The summed E-state index contributed by atoms with van der Waals surface area (Å²) in [5, 5.41) is 12.1. The molecule has 1 aromatic heterocycles. The number of hydrogen-bond donors (Lipinski definition) is 1. The smallest absolute Gasteiger partial charge is 0.370 e. The fourth-order valence-corrected chi connectivity index (χ4v) is 2.66. The Morgan fingerprint density at radius 2 is 1.91 bits per heavy atom. The van der Waals surface area contributed by atoms with E-state index in [1.807, 2.05) is 47.8 Å². The molecule has 1 fully saturated rings. The molecule has 1 aromatic carbocycles. The quantitative estimate of drug-likeness (QED) is 0.697. The fourth-order valence-electron chi connectivity index (χ4n) is 2.66. The molecule has 0 unspecified atom stereocenters. The van der Waals surface area contributed by atoms with E-state index in [4.69, 9.17) is 0 Å². The molecular weight excluding hydrogens is 276 g/mol. The van der Waals surface area contributed by atoms with E-state index in [1.165, 1.54) is 12.1 Å². The molecule has 3 rings (SSSR count). The highest BCUT2D eigenvalue weighted by Gasteiger charge is 2.11. The number of aryl methyl sites for hydroxylation is 2. The van der Waals surface area contributed by atoms with Crippen LogP contribution >= 0.6 is 0 Å². The van der Waals surface area contributed by atoms with E-state index < -0.39 is 0 Å². The normalized spacial score (nSPS) is 16.2. The van der Waals surface area contributed by atoms with E-state index in [-0.39, 0.29) is 0 Å². The van der Waals surface area contributed by atoms with E-state index in [1.54, 1.807) is 0 Å². The van der Waals surface area contributed by atoms with Gasteiger partial charge in [0.1, 0.15) is 5.69 Å². The van der Waals surface area contributed by atoms with Crippen LogP contribution in [0.4, 0.5) is 17.3 Å². The predicted octanol–water partition coefficient (Wildman–Crippen LogP) is 2.06. The molecule has 0 atom stereocenters. The lowest BCUT2D eigenvalue weighted by atomic mass is 10.2. The van der Waals surface area contributed by atoms with Gasteiger partial charge in [0, 0.05) is 30.4 Å². The summed E-state index contributed by atoms with van der Waals surface area (Å²) in [6.07, 6.45) is 5.11. The van der Waals surface area contributed by atoms with Gasteiger partial charge in [-0.3, -0.25) is 0 Å². The van der Waals surface area contributed by atoms with Crippen molar-refractivity contribution >= 4 is 17.3 Å². The molecule has 116 valence electrons. The Morgan fingerprint density at radius 1 is 1.09 bits per heavy atom. The van der Waals surface area contributed by atoms with E-state index >= 15 is 0 Å². The summed E-state index contributed by atoms with van der Waals surface area (Å²) < 4.78 is 3.89. The van der Waals surface area contributed by atoms with Crippen LogP contribution in [0.5, 0.6) is 0 Å². The third-order valence-corrected chi connectivity index (χ3v) is 3.95.